The summed E-state index contributed by atoms with van der Waals surface area (Å²) < 4.78 is 38.0. The summed E-state index contributed by atoms with van der Waals surface area (Å²) in [6, 6.07) is 4.95. The lowest BCUT2D eigenvalue weighted by atomic mass is 10.1. The van der Waals surface area contributed by atoms with Crippen molar-refractivity contribution in [1.82, 2.24) is 25.1 Å². The lowest BCUT2D eigenvalue weighted by molar-refractivity contribution is -0.137. The van der Waals surface area contributed by atoms with Crippen LogP contribution < -0.4 is 0 Å². The zero-order valence-corrected chi connectivity index (χ0v) is 13.8. The van der Waals surface area contributed by atoms with E-state index in [1.54, 1.807) is 12.4 Å². The van der Waals surface area contributed by atoms with Crippen LogP contribution in [-0.2, 0) is 25.7 Å². The molecule has 0 atom stereocenters. The van der Waals surface area contributed by atoms with E-state index in [-0.39, 0.29) is 0 Å². The summed E-state index contributed by atoms with van der Waals surface area (Å²) in [6.45, 7) is 2.41. The highest BCUT2D eigenvalue weighted by Gasteiger charge is 2.30. The molecule has 0 saturated carbocycles. The highest BCUT2D eigenvalue weighted by atomic mass is 19.4. The Labute approximate surface area is 147 Å². The highest BCUT2D eigenvalue weighted by Crippen LogP contribution is 2.30. The number of H-pyrrole nitrogens is 1. The van der Waals surface area contributed by atoms with Gasteiger partial charge in [0.05, 0.1) is 17.5 Å². The van der Waals surface area contributed by atoms with Crippen molar-refractivity contribution in [1.29, 1.82) is 0 Å². The van der Waals surface area contributed by atoms with Crippen LogP contribution in [-0.4, -0.2) is 31.6 Å². The third kappa shape index (κ3) is 3.45. The highest BCUT2D eigenvalue weighted by molar-refractivity contribution is 5.56. The molecule has 1 aromatic carbocycles. The Morgan fingerprint density at radius 3 is 2.62 bits per heavy atom. The summed E-state index contributed by atoms with van der Waals surface area (Å²) in [7, 11) is 0. The van der Waals surface area contributed by atoms with Crippen LogP contribution in [0, 0.1) is 0 Å². The molecule has 0 unspecified atom stereocenters. The van der Waals surface area contributed by atoms with E-state index in [1.807, 2.05) is 6.20 Å². The number of halogens is 3. The summed E-state index contributed by atoms with van der Waals surface area (Å²) in [4.78, 5) is 11.2. The Hall–Kier alpha value is -2.74. The molecule has 3 aromatic rings. The first-order chi connectivity index (χ1) is 12.5. The van der Waals surface area contributed by atoms with E-state index in [9.17, 15) is 13.2 Å². The van der Waals surface area contributed by atoms with Gasteiger partial charge in [0.1, 0.15) is 0 Å². The van der Waals surface area contributed by atoms with Crippen molar-refractivity contribution in [2.45, 2.75) is 25.7 Å². The third-order valence-electron chi connectivity index (χ3n) is 4.44. The third-order valence-corrected chi connectivity index (χ3v) is 4.44. The maximum Gasteiger partial charge on any atom is 0.416 e. The largest absolute Gasteiger partial charge is 0.416 e. The van der Waals surface area contributed by atoms with Gasteiger partial charge in [0.25, 0.3) is 0 Å². The number of fused-ring (bicyclic) bond motifs is 1. The average molecular weight is 359 g/mol. The van der Waals surface area contributed by atoms with Gasteiger partial charge in [0.2, 0.25) is 0 Å². The monoisotopic (exact) mass is 359 g/mol. The van der Waals surface area contributed by atoms with E-state index in [0.29, 0.717) is 11.4 Å². The van der Waals surface area contributed by atoms with Crippen LogP contribution in [0.3, 0.4) is 0 Å². The van der Waals surface area contributed by atoms with Crippen molar-refractivity contribution in [2.75, 3.05) is 6.54 Å². The number of nitrogens with one attached hydrogen (secondary N) is 1. The van der Waals surface area contributed by atoms with Crippen molar-refractivity contribution >= 4 is 0 Å². The first kappa shape index (κ1) is 16.7. The minimum Gasteiger partial charge on any atom is -0.294 e. The van der Waals surface area contributed by atoms with Gasteiger partial charge in [-0.1, -0.05) is 12.1 Å². The van der Waals surface area contributed by atoms with Crippen molar-refractivity contribution < 1.29 is 13.2 Å². The smallest absolute Gasteiger partial charge is 0.294 e. The number of alkyl halides is 3. The summed E-state index contributed by atoms with van der Waals surface area (Å²) in [5, 5.41) is 6.76. The molecular formula is C18H16F3N5. The normalized spacial score (nSPS) is 15.0. The van der Waals surface area contributed by atoms with Crippen molar-refractivity contribution in [2.24, 2.45) is 0 Å². The molecule has 8 heteroatoms. The molecule has 0 fully saturated rings. The maximum atomic E-state index is 12.7. The van der Waals surface area contributed by atoms with E-state index in [4.69, 9.17) is 0 Å². The van der Waals surface area contributed by atoms with Crippen LogP contribution in [0.2, 0.25) is 0 Å². The quantitative estimate of drug-likeness (QED) is 0.778. The molecule has 2 aromatic heterocycles. The minimum atomic E-state index is -4.34. The van der Waals surface area contributed by atoms with Gasteiger partial charge < -0.3 is 0 Å². The van der Waals surface area contributed by atoms with Gasteiger partial charge >= 0.3 is 6.18 Å². The van der Waals surface area contributed by atoms with Gasteiger partial charge in [0, 0.05) is 55.1 Å². The number of hydrogen-bond donors (Lipinski definition) is 1. The van der Waals surface area contributed by atoms with E-state index in [2.05, 4.69) is 25.1 Å². The molecule has 1 N–H and O–H groups in total. The standard InChI is InChI=1S/C18H16F3N5/c19-18(20,21)15-3-1-13(2-4-15)17-22-9-14-11-26(6-5-16(14)25-17)10-12-7-23-24-8-12/h1-4,7-9H,5-6,10-11H2,(H,23,24). The fourth-order valence-electron chi connectivity index (χ4n) is 3.08. The first-order valence-corrected chi connectivity index (χ1v) is 8.21. The molecule has 4 rings (SSSR count). The fraction of sp³-hybridized carbons (Fsp3) is 0.278. The fourth-order valence-corrected chi connectivity index (χ4v) is 3.08. The summed E-state index contributed by atoms with van der Waals surface area (Å²) >= 11 is 0. The van der Waals surface area contributed by atoms with Crippen LogP contribution in [0.1, 0.15) is 22.4 Å². The SMILES string of the molecule is FC(F)(F)c1ccc(-c2ncc3c(n2)CCN(Cc2cn[nH]c2)C3)cc1. The van der Waals surface area contributed by atoms with Crippen molar-refractivity contribution in [3.05, 3.63) is 65.2 Å². The predicted molar refractivity (Wildman–Crippen MR) is 88.9 cm³/mol. The zero-order valence-electron chi connectivity index (χ0n) is 13.8. The Morgan fingerprint density at radius 1 is 1.12 bits per heavy atom. The number of nitrogens with zero attached hydrogens (tertiary/aromatic N) is 4. The number of benzene rings is 1. The topological polar surface area (TPSA) is 57.7 Å². The molecule has 134 valence electrons. The Balaban J connectivity index is 1.51. The van der Waals surface area contributed by atoms with Gasteiger partial charge in [0.15, 0.2) is 5.82 Å². The molecule has 0 spiro atoms. The second-order valence-electron chi connectivity index (χ2n) is 6.31. The summed E-state index contributed by atoms with van der Waals surface area (Å²) in [5.74, 6) is 0.459. The second kappa shape index (κ2) is 6.53. The number of rotatable bonds is 3. The minimum absolute atomic E-state index is 0.459. The lowest BCUT2D eigenvalue weighted by Gasteiger charge is -2.27. The number of hydrogen-bond acceptors (Lipinski definition) is 4. The van der Waals surface area contributed by atoms with Gasteiger partial charge in [-0.3, -0.25) is 10.00 Å². The lowest BCUT2D eigenvalue weighted by Crippen LogP contribution is -2.30. The Morgan fingerprint density at radius 2 is 1.92 bits per heavy atom. The van der Waals surface area contributed by atoms with Crippen LogP contribution in [0.4, 0.5) is 13.2 Å². The van der Waals surface area contributed by atoms with Crippen LogP contribution in [0.25, 0.3) is 11.4 Å². The molecule has 0 bridgehead atoms. The summed E-state index contributed by atoms with van der Waals surface area (Å²) in [5.41, 5.74) is 3.04. The molecular weight excluding hydrogens is 343 g/mol. The molecule has 0 amide bonds. The molecule has 26 heavy (non-hydrogen) atoms. The van der Waals surface area contributed by atoms with Crippen LogP contribution >= 0.6 is 0 Å². The second-order valence-corrected chi connectivity index (χ2v) is 6.31. The van der Waals surface area contributed by atoms with Gasteiger partial charge in [-0.25, -0.2) is 9.97 Å². The van der Waals surface area contributed by atoms with Gasteiger partial charge in [-0.15, -0.1) is 0 Å². The van der Waals surface area contributed by atoms with Crippen molar-refractivity contribution in [3.8, 4) is 11.4 Å². The van der Waals surface area contributed by atoms with Gasteiger partial charge in [-0.05, 0) is 12.1 Å². The predicted octanol–water partition coefficient (Wildman–Crippen LogP) is 3.44. The molecule has 5 nitrogen and oxygen atoms in total. The van der Waals surface area contributed by atoms with E-state index in [0.717, 1.165) is 55.0 Å². The molecule has 0 aliphatic carbocycles. The average Bonchev–Trinajstić information content (AvgIpc) is 3.14. The molecule has 0 radical (unpaired) electrons. The first-order valence-electron chi connectivity index (χ1n) is 8.21. The number of aromatic nitrogens is 4. The molecule has 3 heterocycles. The molecule has 0 saturated heterocycles. The number of aromatic amines is 1. The van der Waals surface area contributed by atoms with Crippen LogP contribution in [0.15, 0.2) is 42.9 Å². The van der Waals surface area contributed by atoms with E-state index in [1.165, 1.54) is 12.1 Å². The van der Waals surface area contributed by atoms with Crippen molar-refractivity contribution in [3.63, 3.8) is 0 Å². The Kier molecular flexibility index (Phi) is 4.20. The molecule has 1 aliphatic rings. The Bertz CT molecular complexity index is 888. The van der Waals surface area contributed by atoms with Gasteiger partial charge in [-0.2, -0.15) is 18.3 Å². The summed E-state index contributed by atoms with van der Waals surface area (Å²) in [6.07, 6.45) is 1.90. The van der Waals surface area contributed by atoms with E-state index >= 15 is 0 Å². The zero-order chi connectivity index (χ0) is 18.1. The van der Waals surface area contributed by atoms with Crippen LogP contribution in [0.5, 0.6) is 0 Å². The molecule has 1 aliphatic heterocycles. The van der Waals surface area contributed by atoms with E-state index < -0.39 is 11.7 Å². The maximum absolute atomic E-state index is 12.7.